The molecule has 0 aliphatic rings. The highest BCUT2D eigenvalue weighted by Crippen LogP contribution is 2.24. The highest BCUT2D eigenvalue weighted by atomic mass is 15.4. The molecule has 5 heteroatoms. The highest BCUT2D eigenvalue weighted by molar-refractivity contribution is 5.81. The smallest absolute Gasteiger partial charge is 0.176 e. The third-order valence-corrected chi connectivity index (χ3v) is 3.12. The van der Waals surface area contributed by atoms with Crippen LogP contribution in [0, 0.1) is 6.92 Å². The molecule has 2 heterocycles. The monoisotopic (exact) mass is 241 g/mol. The molecule has 0 bridgehead atoms. The van der Waals surface area contributed by atoms with Gasteiger partial charge in [0, 0.05) is 11.9 Å². The second-order valence-electron chi connectivity index (χ2n) is 4.25. The third-order valence-electron chi connectivity index (χ3n) is 3.12. The molecule has 18 heavy (non-hydrogen) atoms. The molecule has 0 amide bonds. The van der Waals surface area contributed by atoms with Crippen molar-refractivity contribution >= 4 is 16.6 Å². The Kier molecular flexibility index (Phi) is 2.33. The van der Waals surface area contributed by atoms with E-state index in [9.17, 15) is 0 Å². The maximum absolute atomic E-state index is 6.12. The number of aryl methyl sites for hydroxylation is 2. The van der Waals surface area contributed by atoms with Crippen molar-refractivity contribution in [3.63, 3.8) is 0 Å². The van der Waals surface area contributed by atoms with E-state index in [-0.39, 0.29) is 0 Å². The lowest BCUT2D eigenvalue weighted by Crippen LogP contribution is -2.08. The van der Waals surface area contributed by atoms with Crippen LogP contribution in [0.25, 0.3) is 16.7 Å². The number of para-hydroxylation sites is 1. The molecule has 2 N–H and O–H groups in total. The van der Waals surface area contributed by atoms with Gasteiger partial charge in [-0.05, 0) is 19.9 Å². The summed E-state index contributed by atoms with van der Waals surface area (Å²) in [7, 11) is 0. The summed E-state index contributed by atoms with van der Waals surface area (Å²) in [5.74, 6) is 0.844. The van der Waals surface area contributed by atoms with Crippen LogP contribution in [0.3, 0.4) is 0 Å². The van der Waals surface area contributed by atoms with E-state index in [1.54, 1.807) is 0 Å². The summed E-state index contributed by atoms with van der Waals surface area (Å²) >= 11 is 0. The number of fused-ring (bicyclic) bond motifs is 1. The summed E-state index contributed by atoms with van der Waals surface area (Å²) in [6.07, 6.45) is 1.84. The van der Waals surface area contributed by atoms with Gasteiger partial charge in [0.2, 0.25) is 0 Å². The van der Waals surface area contributed by atoms with E-state index >= 15 is 0 Å². The Morgan fingerprint density at radius 1 is 1.28 bits per heavy atom. The highest BCUT2D eigenvalue weighted by Gasteiger charge is 2.15. The maximum Gasteiger partial charge on any atom is 0.176 e. The first-order valence-corrected chi connectivity index (χ1v) is 5.98. The van der Waals surface area contributed by atoms with Crippen LogP contribution in [0.1, 0.15) is 12.6 Å². The standard InChI is InChI=1S/C13H15N5/c1-3-17-13(12(14)9(2)16-17)18-11-7-5-4-6-10(11)8-15-18/h4-8H,3,14H2,1-2H3. The van der Waals surface area contributed by atoms with Gasteiger partial charge in [-0.2, -0.15) is 10.2 Å². The van der Waals surface area contributed by atoms with E-state index in [1.807, 2.05) is 53.7 Å². The molecule has 0 radical (unpaired) electrons. The number of aromatic nitrogens is 4. The Balaban J connectivity index is 2.32. The quantitative estimate of drug-likeness (QED) is 0.747. The van der Waals surface area contributed by atoms with Crippen LogP contribution in [-0.2, 0) is 6.54 Å². The molecule has 3 aromatic rings. The molecular formula is C13H15N5. The molecule has 0 aliphatic carbocycles. The molecule has 3 rings (SSSR count). The number of nitrogens with zero attached hydrogens (tertiary/aromatic N) is 4. The molecule has 0 spiro atoms. The van der Waals surface area contributed by atoms with E-state index in [1.165, 1.54) is 0 Å². The van der Waals surface area contributed by atoms with E-state index in [0.29, 0.717) is 5.69 Å². The molecule has 0 fully saturated rings. The van der Waals surface area contributed by atoms with Crippen LogP contribution in [-0.4, -0.2) is 19.6 Å². The first-order chi connectivity index (χ1) is 8.72. The molecular weight excluding hydrogens is 226 g/mol. The summed E-state index contributed by atoms with van der Waals surface area (Å²) in [5.41, 5.74) is 8.68. The van der Waals surface area contributed by atoms with Crippen molar-refractivity contribution < 1.29 is 0 Å². The minimum atomic E-state index is 0.686. The first kappa shape index (κ1) is 10.8. The minimum absolute atomic E-state index is 0.686. The first-order valence-electron chi connectivity index (χ1n) is 5.98. The Morgan fingerprint density at radius 3 is 2.83 bits per heavy atom. The molecule has 1 aromatic carbocycles. The van der Waals surface area contributed by atoms with Gasteiger partial charge in [-0.1, -0.05) is 18.2 Å². The maximum atomic E-state index is 6.12. The average molecular weight is 241 g/mol. The predicted octanol–water partition coefficient (Wildman–Crippen LogP) is 2.13. The predicted molar refractivity (Wildman–Crippen MR) is 71.7 cm³/mol. The van der Waals surface area contributed by atoms with Gasteiger partial charge >= 0.3 is 0 Å². The van der Waals surface area contributed by atoms with Gasteiger partial charge in [0.25, 0.3) is 0 Å². The fourth-order valence-electron chi connectivity index (χ4n) is 2.17. The number of nitrogen functional groups attached to an aromatic ring is 1. The zero-order chi connectivity index (χ0) is 12.7. The molecule has 92 valence electrons. The summed E-state index contributed by atoms with van der Waals surface area (Å²) in [6.45, 7) is 4.72. The molecule has 0 atom stereocenters. The lowest BCUT2D eigenvalue weighted by atomic mass is 10.2. The molecule has 0 unspecified atom stereocenters. The van der Waals surface area contributed by atoms with Gasteiger partial charge in [0.1, 0.15) is 0 Å². The zero-order valence-corrected chi connectivity index (χ0v) is 10.5. The van der Waals surface area contributed by atoms with Crippen molar-refractivity contribution in [2.75, 3.05) is 5.73 Å². The van der Waals surface area contributed by atoms with Crippen LogP contribution in [0.15, 0.2) is 30.5 Å². The van der Waals surface area contributed by atoms with Crippen LogP contribution in [0.2, 0.25) is 0 Å². The third kappa shape index (κ3) is 1.40. The Labute approximate surface area is 105 Å². The second kappa shape index (κ2) is 3.87. The van der Waals surface area contributed by atoms with Gasteiger partial charge in [-0.25, -0.2) is 9.36 Å². The zero-order valence-electron chi connectivity index (χ0n) is 10.5. The fourth-order valence-corrected chi connectivity index (χ4v) is 2.17. The van der Waals surface area contributed by atoms with Crippen molar-refractivity contribution in [1.29, 1.82) is 0 Å². The second-order valence-corrected chi connectivity index (χ2v) is 4.25. The van der Waals surface area contributed by atoms with Crippen LogP contribution in [0.5, 0.6) is 0 Å². The minimum Gasteiger partial charge on any atom is -0.394 e. The summed E-state index contributed by atoms with van der Waals surface area (Å²) in [5, 5.41) is 9.94. The number of hydrogen-bond acceptors (Lipinski definition) is 3. The fraction of sp³-hybridized carbons (Fsp3) is 0.231. The van der Waals surface area contributed by atoms with Crippen molar-refractivity contribution in [3.05, 3.63) is 36.2 Å². The lowest BCUT2D eigenvalue weighted by molar-refractivity contribution is 0.623. The van der Waals surface area contributed by atoms with E-state index < -0.39 is 0 Å². The summed E-state index contributed by atoms with van der Waals surface area (Å²) in [6, 6.07) is 8.06. The van der Waals surface area contributed by atoms with Gasteiger partial charge < -0.3 is 5.73 Å². The Morgan fingerprint density at radius 2 is 2.06 bits per heavy atom. The Hall–Kier alpha value is -2.30. The van der Waals surface area contributed by atoms with Crippen molar-refractivity contribution in [2.45, 2.75) is 20.4 Å². The SMILES string of the molecule is CCn1nc(C)c(N)c1-n1ncc2ccccc21. The van der Waals surface area contributed by atoms with Crippen molar-refractivity contribution in [1.82, 2.24) is 19.6 Å². The van der Waals surface area contributed by atoms with Crippen LogP contribution < -0.4 is 5.73 Å². The number of nitrogens with two attached hydrogens (primary N) is 1. The van der Waals surface area contributed by atoms with E-state index in [4.69, 9.17) is 5.73 Å². The molecule has 5 nitrogen and oxygen atoms in total. The normalized spacial score (nSPS) is 11.2. The number of anilines is 1. The molecule has 0 saturated heterocycles. The largest absolute Gasteiger partial charge is 0.394 e. The molecule has 0 saturated carbocycles. The number of benzene rings is 1. The van der Waals surface area contributed by atoms with Crippen LogP contribution >= 0.6 is 0 Å². The molecule has 0 aliphatic heterocycles. The molecule has 2 aromatic heterocycles. The van der Waals surface area contributed by atoms with Gasteiger partial charge in [-0.15, -0.1) is 0 Å². The van der Waals surface area contributed by atoms with Crippen LogP contribution in [0.4, 0.5) is 5.69 Å². The van der Waals surface area contributed by atoms with Gasteiger partial charge in [0.15, 0.2) is 5.82 Å². The van der Waals surface area contributed by atoms with Crippen molar-refractivity contribution in [3.8, 4) is 5.82 Å². The number of rotatable bonds is 2. The van der Waals surface area contributed by atoms with Gasteiger partial charge in [-0.3, -0.25) is 0 Å². The van der Waals surface area contributed by atoms with E-state index in [0.717, 1.165) is 29.0 Å². The van der Waals surface area contributed by atoms with E-state index in [2.05, 4.69) is 10.2 Å². The summed E-state index contributed by atoms with van der Waals surface area (Å²) < 4.78 is 3.73. The van der Waals surface area contributed by atoms with Gasteiger partial charge in [0.05, 0.1) is 23.1 Å². The van der Waals surface area contributed by atoms with Crippen molar-refractivity contribution in [2.24, 2.45) is 0 Å². The lowest BCUT2D eigenvalue weighted by Gasteiger charge is -2.07. The Bertz CT molecular complexity index is 707. The topological polar surface area (TPSA) is 61.7 Å². The average Bonchev–Trinajstić information content (AvgIpc) is 2.92. The number of hydrogen-bond donors (Lipinski definition) is 1. The summed E-state index contributed by atoms with van der Waals surface area (Å²) in [4.78, 5) is 0.